The summed E-state index contributed by atoms with van der Waals surface area (Å²) in [6.45, 7) is 1.72. The van der Waals surface area contributed by atoms with Crippen LogP contribution in [-0.4, -0.2) is 29.9 Å². The molecule has 3 aliphatic carbocycles. The maximum absolute atomic E-state index is 12.4. The molecular formula is C13H21ClN2O. The van der Waals surface area contributed by atoms with Gasteiger partial charge < -0.3 is 10.6 Å². The predicted molar refractivity (Wildman–Crippen MR) is 67.7 cm³/mol. The van der Waals surface area contributed by atoms with Gasteiger partial charge in [0.25, 0.3) is 0 Å². The third kappa shape index (κ3) is 1.55. The van der Waals surface area contributed by atoms with Gasteiger partial charge in [-0.2, -0.15) is 0 Å². The van der Waals surface area contributed by atoms with E-state index in [1.165, 1.54) is 19.3 Å². The Bertz CT molecular complexity index is 332. The third-order valence-corrected chi connectivity index (χ3v) is 5.56. The van der Waals surface area contributed by atoms with Gasteiger partial charge in [-0.3, -0.25) is 4.79 Å². The number of amides is 1. The molecule has 1 saturated heterocycles. The maximum Gasteiger partial charge on any atom is 0.226 e. The summed E-state index contributed by atoms with van der Waals surface area (Å²) in [5, 5.41) is 0. The molecule has 17 heavy (non-hydrogen) atoms. The fourth-order valence-electron chi connectivity index (χ4n) is 4.85. The summed E-state index contributed by atoms with van der Waals surface area (Å²) in [5.74, 6) is 4.22. The highest BCUT2D eigenvalue weighted by molar-refractivity contribution is 5.85. The van der Waals surface area contributed by atoms with Crippen molar-refractivity contribution in [3.8, 4) is 0 Å². The van der Waals surface area contributed by atoms with Gasteiger partial charge >= 0.3 is 0 Å². The number of carbonyl (C=O) groups is 1. The number of carbonyl (C=O) groups excluding carboxylic acids is 1. The van der Waals surface area contributed by atoms with Crippen molar-refractivity contribution in [2.45, 2.75) is 31.7 Å². The molecule has 3 nitrogen and oxygen atoms in total. The van der Waals surface area contributed by atoms with Crippen LogP contribution in [-0.2, 0) is 4.79 Å². The Balaban J connectivity index is 0.000000902. The van der Waals surface area contributed by atoms with Crippen molar-refractivity contribution in [2.24, 2.45) is 35.3 Å². The van der Waals surface area contributed by atoms with Crippen molar-refractivity contribution in [1.82, 2.24) is 4.90 Å². The molecule has 4 rings (SSSR count). The molecule has 0 aromatic carbocycles. The lowest BCUT2D eigenvalue weighted by molar-refractivity contribution is -0.132. The highest BCUT2D eigenvalue weighted by Gasteiger charge is 2.68. The molecule has 4 heteroatoms. The van der Waals surface area contributed by atoms with Crippen molar-refractivity contribution in [1.29, 1.82) is 0 Å². The molecular weight excluding hydrogens is 236 g/mol. The van der Waals surface area contributed by atoms with Gasteiger partial charge in [-0.25, -0.2) is 0 Å². The van der Waals surface area contributed by atoms with Crippen LogP contribution in [0.5, 0.6) is 0 Å². The molecule has 0 aromatic heterocycles. The summed E-state index contributed by atoms with van der Waals surface area (Å²) < 4.78 is 0. The van der Waals surface area contributed by atoms with Gasteiger partial charge in [0.2, 0.25) is 5.91 Å². The molecule has 0 aromatic rings. The molecule has 96 valence electrons. The lowest BCUT2D eigenvalue weighted by Crippen LogP contribution is -2.34. The van der Waals surface area contributed by atoms with E-state index in [1.54, 1.807) is 0 Å². The second kappa shape index (κ2) is 3.86. The average Bonchev–Trinajstić information content (AvgIpc) is 2.68. The van der Waals surface area contributed by atoms with Gasteiger partial charge in [0, 0.05) is 25.0 Å². The van der Waals surface area contributed by atoms with Crippen LogP contribution >= 0.6 is 12.4 Å². The molecule has 4 fully saturated rings. The first-order valence-corrected chi connectivity index (χ1v) is 6.80. The first kappa shape index (κ1) is 11.8. The molecule has 0 radical (unpaired) electrons. The molecule has 5 unspecified atom stereocenters. The Kier molecular flexibility index (Phi) is 2.67. The summed E-state index contributed by atoms with van der Waals surface area (Å²) in [6.07, 6.45) is 5.23. The fourth-order valence-corrected chi connectivity index (χ4v) is 4.85. The number of fused-ring (bicyclic) bond motifs is 5. The summed E-state index contributed by atoms with van der Waals surface area (Å²) in [4.78, 5) is 14.4. The topological polar surface area (TPSA) is 46.3 Å². The van der Waals surface area contributed by atoms with Gasteiger partial charge in [0.15, 0.2) is 0 Å². The Morgan fingerprint density at radius 2 is 1.76 bits per heavy atom. The summed E-state index contributed by atoms with van der Waals surface area (Å²) in [6, 6.07) is 0.235. The highest BCUT2D eigenvalue weighted by Crippen LogP contribution is 2.69. The molecule has 3 saturated carbocycles. The van der Waals surface area contributed by atoms with Gasteiger partial charge in [-0.05, 0) is 49.4 Å². The van der Waals surface area contributed by atoms with Crippen LogP contribution in [0.3, 0.4) is 0 Å². The monoisotopic (exact) mass is 256 g/mol. The number of nitrogens with zero attached hydrogens (tertiary/aromatic N) is 1. The second-order valence-electron chi connectivity index (χ2n) is 6.35. The Hall–Kier alpha value is -0.280. The van der Waals surface area contributed by atoms with Crippen LogP contribution in [0, 0.1) is 29.6 Å². The van der Waals surface area contributed by atoms with Crippen molar-refractivity contribution < 1.29 is 4.79 Å². The average molecular weight is 257 g/mol. The van der Waals surface area contributed by atoms with E-state index in [-0.39, 0.29) is 18.4 Å². The zero-order valence-corrected chi connectivity index (χ0v) is 10.9. The number of nitrogens with two attached hydrogens (primary N) is 1. The Morgan fingerprint density at radius 3 is 2.29 bits per heavy atom. The summed E-state index contributed by atoms with van der Waals surface area (Å²) >= 11 is 0. The van der Waals surface area contributed by atoms with Crippen LogP contribution in [0.1, 0.15) is 25.7 Å². The van der Waals surface area contributed by atoms with Gasteiger partial charge in [0.05, 0.1) is 0 Å². The number of rotatable bonds is 1. The van der Waals surface area contributed by atoms with Gasteiger partial charge in [-0.15, -0.1) is 12.4 Å². The van der Waals surface area contributed by atoms with Crippen molar-refractivity contribution in [3.05, 3.63) is 0 Å². The van der Waals surface area contributed by atoms with Crippen LogP contribution in [0.25, 0.3) is 0 Å². The molecule has 5 atom stereocenters. The minimum Gasteiger partial charge on any atom is -0.341 e. The van der Waals surface area contributed by atoms with E-state index in [1.807, 2.05) is 4.90 Å². The quantitative estimate of drug-likeness (QED) is 0.768. The van der Waals surface area contributed by atoms with Gasteiger partial charge in [-0.1, -0.05) is 0 Å². The van der Waals surface area contributed by atoms with Crippen molar-refractivity contribution in [3.63, 3.8) is 0 Å². The Morgan fingerprint density at radius 1 is 1.12 bits per heavy atom. The fraction of sp³-hybridized carbons (Fsp3) is 0.923. The summed E-state index contributed by atoms with van der Waals surface area (Å²) in [7, 11) is 0. The molecule has 2 N–H and O–H groups in total. The molecule has 1 aliphatic heterocycles. The van der Waals surface area contributed by atoms with Crippen LogP contribution < -0.4 is 5.73 Å². The van der Waals surface area contributed by atoms with E-state index in [4.69, 9.17) is 5.73 Å². The van der Waals surface area contributed by atoms with E-state index in [0.29, 0.717) is 11.8 Å². The van der Waals surface area contributed by atoms with Gasteiger partial charge in [0.1, 0.15) is 0 Å². The molecule has 1 amide bonds. The number of likely N-dealkylation sites (tertiary alicyclic amines) is 1. The second-order valence-corrected chi connectivity index (χ2v) is 6.35. The summed E-state index contributed by atoms with van der Waals surface area (Å²) in [5.41, 5.74) is 5.87. The molecule has 0 spiro atoms. The lowest BCUT2D eigenvalue weighted by atomic mass is 10.0. The standard InChI is InChI=1S/C13H20N2O.ClH/c14-9-3-4-15(6-9)13(16)12-10-7-1-2-8(5-7)11(10)12;/h7-12H,1-6,14H2;1H. The minimum atomic E-state index is 0. The van der Waals surface area contributed by atoms with Crippen LogP contribution in [0.2, 0.25) is 0 Å². The number of hydrogen-bond donors (Lipinski definition) is 1. The SMILES string of the molecule is Cl.NC1CCN(C(=O)C2C3C4CCC(C4)C23)C1. The number of hydrogen-bond acceptors (Lipinski definition) is 2. The first-order valence-electron chi connectivity index (χ1n) is 6.80. The molecule has 1 heterocycles. The highest BCUT2D eigenvalue weighted by atomic mass is 35.5. The third-order valence-electron chi connectivity index (χ3n) is 5.56. The van der Waals surface area contributed by atoms with E-state index in [0.717, 1.165) is 43.2 Å². The van der Waals surface area contributed by atoms with Crippen LogP contribution in [0.15, 0.2) is 0 Å². The molecule has 4 aliphatic rings. The van der Waals surface area contributed by atoms with E-state index in [9.17, 15) is 4.79 Å². The maximum atomic E-state index is 12.4. The van der Waals surface area contributed by atoms with Crippen molar-refractivity contribution in [2.75, 3.05) is 13.1 Å². The van der Waals surface area contributed by atoms with E-state index >= 15 is 0 Å². The minimum absolute atomic E-state index is 0. The van der Waals surface area contributed by atoms with E-state index < -0.39 is 0 Å². The lowest BCUT2D eigenvalue weighted by Gasteiger charge is -2.18. The zero-order chi connectivity index (χ0) is 10.9. The predicted octanol–water partition coefficient (Wildman–Crippen LogP) is 1.26. The smallest absolute Gasteiger partial charge is 0.226 e. The van der Waals surface area contributed by atoms with Crippen LogP contribution in [0.4, 0.5) is 0 Å². The zero-order valence-electron chi connectivity index (χ0n) is 10.0. The first-order chi connectivity index (χ1) is 7.75. The number of halogens is 1. The molecule has 2 bridgehead atoms. The Labute approximate surface area is 109 Å². The normalized spacial score (nSPS) is 50.1. The largest absolute Gasteiger partial charge is 0.341 e. The van der Waals surface area contributed by atoms with E-state index in [2.05, 4.69) is 0 Å². The van der Waals surface area contributed by atoms with Crippen molar-refractivity contribution >= 4 is 18.3 Å².